The number of halogens is 1. The second-order valence-electron chi connectivity index (χ2n) is 9.88. The summed E-state index contributed by atoms with van der Waals surface area (Å²) in [6.07, 6.45) is 1.35. The molecule has 0 spiro atoms. The smallest absolute Gasteiger partial charge is 0.223 e. The molecule has 2 aromatic carbocycles. The van der Waals surface area contributed by atoms with Crippen LogP contribution in [0, 0.1) is 11.7 Å². The Kier molecular flexibility index (Phi) is 7.47. The van der Waals surface area contributed by atoms with E-state index in [4.69, 9.17) is 5.10 Å². The summed E-state index contributed by atoms with van der Waals surface area (Å²) < 4.78 is 16.4. The number of benzene rings is 2. The molecule has 0 saturated carbocycles. The molecular weight excluding hydrogens is 427 g/mol. The molecule has 1 amide bonds. The number of carbonyl (C=O) groups is 1. The molecule has 2 heterocycles. The Labute approximate surface area is 202 Å². The minimum atomic E-state index is -0.168. The lowest BCUT2D eigenvalue weighted by molar-refractivity contribution is -0.134. The van der Waals surface area contributed by atoms with Gasteiger partial charge in [-0.2, -0.15) is 5.10 Å². The van der Waals surface area contributed by atoms with Gasteiger partial charge in [0, 0.05) is 49.6 Å². The molecule has 4 rings (SSSR count). The average molecular weight is 463 g/mol. The third-order valence-corrected chi connectivity index (χ3v) is 6.42. The highest BCUT2D eigenvalue weighted by molar-refractivity contribution is 5.76. The lowest BCUT2D eigenvalue weighted by atomic mass is 10.0. The van der Waals surface area contributed by atoms with Crippen molar-refractivity contribution in [1.29, 1.82) is 0 Å². The molecule has 3 aromatic rings. The predicted molar refractivity (Wildman–Crippen MR) is 133 cm³/mol. The van der Waals surface area contributed by atoms with E-state index in [1.165, 1.54) is 11.8 Å². The molecule has 1 aromatic heterocycles. The molecule has 34 heavy (non-hydrogen) atoms. The van der Waals surface area contributed by atoms with Crippen LogP contribution in [0.25, 0.3) is 5.69 Å². The molecule has 6 heteroatoms. The summed E-state index contributed by atoms with van der Waals surface area (Å²) >= 11 is 0. The van der Waals surface area contributed by atoms with Crippen LogP contribution in [0.3, 0.4) is 0 Å². The molecule has 0 aliphatic carbocycles. The highest BCUT2D eigenvalue weighted by atomic mass is 19.1. The molecule has 0 saturated heterocycles. The number of rotatable bonds is 8. The quantitative estimate of drug-likeness (QED) is 0.453. The molecule has 1 aliphatic heterocycles. The normalized spacial score (nSPS) is 14.0. The van der Waals surface area contributed by atoms with E-state index in [1.54, 1.807) is 6.07 Å². The van der Waals surface area contributed by atoms with Gasteiger partial charge in [-0.15, -0.1) is 0 Å². The molecule has 0 unspecified atom stereocenters. The van der Waals surface area contributed by atoms with Crippen LogP contribution in [0.2, 0.25) is 0 Å². The van der Waals surface area contributed by atoms with E-state index >= 15 is 0 Å². The summed E-state index contributed by atoms with van der Waals surface area (Å²) in [7, 11) is 0. The van der Waals surface area contributed by atoms with Crippen molar-refractivity contribution in [2.24, 2.45) is 5.92 Å². The number of nitrogens with zero attached hydrogens (tertiary/aromatic N) is 4. The van der Waals surface area contributed by atoms with Gasteiger partial charge in [0.1, 0.15) is 5.82 Å². The standard InChI is InChI=1S/C28H35FN4O/c1-20(2)16-28(34)32(21(3)4)19-26-24-18-31(17-22-10-8-9-13-25(22)29)15-14-27(24)33(30-26)23-11-6-5-7-12-23/h5-13,20-21H,14-19H2,1-4H3. The molecule has 1 aliphatic rings. The van der Waals surface area contributed by atoms with Crippen LogP contribution >= 0.6 is 0 Å². The zero-order valence-electron chi connectivity index (χ0n) is 20.7. The van der Waals surface area contributed by atoms with E-state index in [1.807, 2.05) is 39.9 Å². The zero-order chi connectivity index (χ0) is 24.2. The van der Waals surface area contributed by atoms with E-state index in [0.717, 1.165) is 29.9 Å². The first-order chi connectivity index (χ1) is 16.3. The van der Waals surface area contributed by atoms with Gasteiger partial charge in [-0.3, -0.25) is 9.69 Å². The fourth-order valence-corrected chi connectivity index (χ4v) is 4.64. The van der Waals surface area contributed by atoms with Crippen molar-refractivity contribution >= 4 is 5.91 Å². The molecular formula is C28H35FN4O. The van der Waals surface area contributed by atoms with Crippen molar-refractivity contribution in [3.05, 3.63) is 82.9 Å². The van der Waals surface area contributed by atoms with Gasteiger partial charge >= 0.3 is 0 Å². The maximum Gasteiger partial charge on any atom is 0.223 e. The number of fused-ring (bicyclic) bond motifs is 1. The number of hydrogen-bond donors (Lipinski definition) is 0. The average Bonchev–Trinajstić information content (AvgIpc) is 3.16. The van der Waals surface area contributed by atoms with E-state index in [0.29, 0.717) is 37.5 Å². The Morgan fingerprint density at radius 1 is 1.06 bits per heavy atom. The largest absolute Gasteiger partial charge is 0.334 e. The van der Waals surface area contributed by atoms with Crippen LogP contribution in [0.1, 0.15) is 56.6 Å². The monoisotopic (exact) mass is 462 g/mol. The topological polar surface area (TPSA) is 41.4 Å². The number of hydrogen-bond acceptors (Lipinski definition) is 3. The molecule has 0 bridgehead atoms. The van der Waals surface area contributed by atoms with Crippen LogP contribution < -0.4 is 0 Å². The van der Waals surface area contributed by atoms with Crippen molar-refractivity contribution in [3.8, 4) is 5.69 Å². The van der Waals surface area contributed by atoms with E-state index in [-0.39, 0.29) is 17.8 Å². The molecule has 5 nitrogen and oxygen atoms in total. The Hall–Kier alpha value is -2.99. The second kappa shape index (κ2) is 10.5. The summed E-state index contributed by atoms with van der Waals surface area (Å²) in [6, 6.07) is 17.2. The van der Waals surface area contributed by atoms with Gasteiger partial charge in [-0.05, 0) is 38.0 Å². The van der Waals surface area contributed by atoms with Crippen molar-refractivity contribution in [2.45, 2.75) is 66.2 Å². The van der Waals surface area contributed by atoms with Crippen molar-refractivity contribution in [3.63, 3.8) is 0 Å². The summed E-state index contributed by atoms with van der Waals surface area (Å²) in [4.78, 5) is 17.2. The van der Waals surface area contributed by atoms with Crippen LogP contribution in [0.15, 0.2) is 54.6 Å². The van der Waals surface area contributed by atoms with Gasteiger partial charge in [0.05, 0.1) is 23.6 Å². The molecule has 0 atom stereocenters. The number of aromatic nitrogens is 2. The van der Waals surface area contributed by atoms with Gasteiger partial charge in [0.25, 0.3) is 0 Å². The van der Waals surface area contributed by atoms with Crippen LogP contribution in [0.5, 0.6) is 0 Å². The Morgan fingerprint density at radius 2 is 1.76 bits per heavy atom. The molecule has 0 fully saturated rings. The SMILES string of the molecule is CC(C)CC(=O)N(Cc1nn(-c2ccccc2)c2c1CN(Cc1ccccc1F)CC2)C(C)C. The maximum atomic E-state index is 14.3. The predicted octanol–water partition coefficient (Wildman–Crippen LogP) is 5.35. The second-order valence-corrected chi connectivity index (χ2v) is 9.88. The summed E-state index contributed by atoms with van der Waals surface area (Å²) in [6.45, 7) is 10.8. The first-order valence-corrected chi connectivity index (χ1v) is 12.2. The van der Waals surface area contributed by atoms with Crippen LogP contribution in [-0.2, 0) is 30.8 Å². The fraction of sp³-hybridized carbons (Fsp3) is 0.429. The third kappa shape index (κ3) is 5.39. The maximum absolute atomic E-state index is 14.3. The zero-order valence-corrected chi connectivity index (χ0v) is 20.7. The molecule has 0 radical (unpaired) electrons. The van der Waals surface area contributed by atoms with Crippen molar-refractivity contribution in [1.82, 2.24) is 19.6 Å². The van der Waals surface area contributed by atoms with Crippen molar-refractivity contribution < 1.29 is 9.18 Å². The van der Waals surface area contributed by atoms with E-state index in [2.05, 4.69) is 44.7 Å². The van der Waals surface area contributed by atoms with Gasteiger partial charge in [0.15, 0.2) is 0 Å². The van der Waals surface area contributed by atoms with Crippen LogP contribution in [0.4, 0.5) is 4.39 Å². The van der Waals surface area contributed by atoms with Crippen LogP contribution in [-0.4, -0.2) is 38.1 Å². The highest BCUT2D eigenvalue weighted by Crippen LogP contribution is 2.28. The first kappa shape index (κ1) is 24.1. The minimum absolute atomic E-state index is 0.0851. The van der Waals surface area contributed by atoms with Crippen molar-refractivity contribution in [2.75, 3.05) is 6.54 Å². The van der Waals surface area contributed by atoms with Gasteiger partial charge in [0.2, 0.25) is 5.91 Å². The van der Waals surface area contributed by atoms with Gasteiger partial charge in [-0.25, -0.2) is 9.07 Å². The first-order valence-electron chi connectivity index (χ1n) is 12.2. The number of amides is 1. The van der Waals surface area contributed by atoms with E-state index in [9.17, 15) is 9.18 Å². The summed E-state index contributed by atoms with van der Waals surface area (Å²) in [5, 5.41) is 5.03. The number of para-hydroxylation sites is 1. The minimum Gasteiger partial charge on any atom is -0.334 e. The Morgan fingerprint density at radius 3 is 2.44 bits per heavy atom. The van der Waals surface area contributed by atoms with Gasteiger partial charge < -0.3 is 4.90 Å². The fourth-order valence-electron chi connectivity index (χ4n) is 4.64. The summed E-state index contributed by atoms with van der Waals surface area (Å²) in [5.74, 6) is 0.298. The lowest BCUT2D eigenvalue weighted by Crippen LogP contribution is -2.38. The number of carbonyl (C=O) groups excluding carboxylic acids is 1. The van der Waals surface area contributed by atoms with Gasteiger partial charge in [-0.1, -0.05) is 50.2 Å². The summed E-state index contributed by atoms with van der Waals surface area (Å²) in [5.41, 5.74) is 5.01. The lowest BCUT2D eigenvalue weighted by Gasteiger charge is -2.30. The highest BCUT2D eigenvalue weighted by Gasteiger charge is 2.28. The molecule has 0 N–H and O–H groups in total. The third-order valence-electron chi connectivity index (χ3n) is 6.42. The Bertz CT molecular complexity index is 1120. The van der Waals surface area contributed by atoms with E-state index < -0.39 is 0 Å². The Balaban J connectivity index is 1.67. The molecule has 180 valence electrons.